The summed E-state index contributed by atoms with van der Waals surface area (Å²) in [6.07, 6.45) is 4.28. The van der Waals surface area contributed by atoms with Crippen LogP contribution in [-0.4, -0.2) is 35.8 Å². The minimum atomic E-state index is 0.0638. The Morgan fingerprint density at radius 3 is 2.47 bits per heavy atom. The summed E-state index contributed by atoms with van der Waals surface area (Å²) < 4.78 is 0. The molecule has 0 radical (unpaired) electrons. The Balaban J connectivity index is 1.42. The molecule has 4 nitrogen and oxygen atoms in total. The van der Waals surface area contributed by atoms with Crippen molar-refractivity contribution in [3.05, 3.63) is 0 Å². The van der Waals surface area contributed by atoms with Gasteiger partial charge in [0.15, 0.2) is 0 Å². The number of hydrogen-bond acceptors (Lipinski definition) is 3. The van der Waals surface area contributed by atoms with Crippen molar-refractivity contribution in [3.8, 4) is 0 Å². The number of carbonyl (C=O) groups excluding carboxylic acids is 2. The van der Waals surface area contributed by atoms with Gasteiger partial charge in [-0.25, -0.2) is 0 Å². The van der Waals surface area contributed by atoms with E-state index in [4.69, 9.17) is 0 Å². The lowest BCUT2D eigenvalue weighted by Crippen LogP contribution is -2.35. The fraction of sp³-hybridized carbons (Fsp3) is 0.818. The van der Waals surface area contributed by atoms with Crippen LogP contribution in [0.4, 0.5) is 0 Å². The third-order valence-electron chi connectivity index (χ3n) is 3.53. The average molecular weight is 208 g/mol. The van der Waals surface area contributed by atoms with E-state index in [0.717, 1.165) is 19.4 Å². The molecular weight excluding hydrogens is 192 g/mol. The standard InChI is InChI=1S/C11H16N2O2/c14-10-8-6-9(8)11(15)13(10)5-1-4-12-7-2-3-7/h7-9,12H,1-6H2. The van der Waals surface area contributed by atoms with Crippen LogP contribution < -0.4 is 5.32 Å². The second-order valence-electron chi connectivity index (χ2n) is 4.86. The molecule has 3 fully saturated rings. The molecule has 2 aliphatic carbocycles. The molecule has 1 N–H and O–H groups in total. The van der Waals surface area contributed by atoms with Crippen molar-refractivity contribution in [2.75, 3.05) is 13.1 Å². The van der Waals surface area contributed by atoms with Gasteiger partial charge in [0.1, 0.15) is 0 Å². The zero-order chi connectivity index (χ0) is 10.4. The van der Waals surface area contributed by atoms with E-state index in [1.165, 1.54) is 17.7 Å². The maximum atomic E-state index is 11.6. The Morgan fingerprint density at radius 2 is 1.87 bits per heavy atom. The van der Waals surface area contributed by atoms with E-state index in [1.807, 2.05) is 0 Å². The molecule has 2 saturated carbocycles. The number of hydrogen-bond donors (Lipinski definition) is 1. The van der Waals surface area contributed by atoms with Crippen LogP contribution >= 0.6 is 0 Å². The van der Waals surface area contributed by atoms with Gasteiger partial charge in [-0.2, -0.15) is 0 Å². The Kier molecular flexibility index (Phi) is 2.06. The molecule has 2 amide bonds. The van der Waals surface area contributed by atoms with E-state index in [0.29, 0.717) is 12.6 Å². The van der Waals surface area contributed by atoms with Crippen molar-refractivity contribution in [1.29, 1.82) is 0 Å². The molecule has 3 aliphatic rings. The molecule has 82 valence electrons. The predicted octanol–water partition coefficient (Wildman–Crippen LogP) is 0.133. The van der Waals surface area contributed by atoms with E-state index in [2.05, 4.69) is 5.32 Å². The summed E-state index contributed by atoms with van der Waals surface area (Å²) in [6, 6.07) is 0.711. The van der Waals surface area contributed by atoms with Crippen molar-refractivity contribution in [2.45, 2.75) is 31.7 Å². The molecule has 4 heteroatoms. The first kappa shape index (κ1) is 9.33. The summed E-state index contributed by atoms with van der Waals surface area (Å²) in [4.78, 5) is 24.6. The Bertz CT molecular complexity index is 292. The number of imide groups is 1. The van der Waals surface area contributed by atoms with Gasteiger partial charge in [0.25, 0.3) is 0 Å². The third kappa shape index (κ3) is 1.67. The summed E-state index contributed by atoms with van der Waals surface area (Å²) in [5.74, 6) is 0.288. The van der Waals surface area contributed by atoms with Crippen LogP contribution in [0.25, 0.3) is 0 Å². The van der Waals surface area contributed by atoms with Gasteiger partial charge < -0.3 is 5.32 Å². The number of piperidine rings is 1. The molecule has 3 rings (SSSR count). The molecule has 0 aromatic rings. The first-order valence-electron chi connectivity index (χ1n) is 5.86. The lowest BCUT2D eigenvalue weighted by Gasteiger charge is -2.16. The van der Waals surface area contributed by atoms with Gasteiger partial charge in [0.2, 0.25) is 11.8 Å². The second kappa shape index (κ2) is 3.30. The first-order valence-corrected chi connectivity index (χ1v) is 5.86. The van der Waals surface area contributed by atoms with Crippen molar-refractivity contribution in [3.63, 3.8) is 0 Å². The molecular formula is C11H16N2O2. The van der Waals surface area contributed by atoms with Gasteiger partial charge in [-0.1, -0.05) is 0 Å². The van der Waals surface area contributed by atoms with Gasteiger partial charge in [0.05, 0.1) is 11.8 Å². The minimum absolute atomic E-state index is 0.0638. The number of likely N-dealkylation sites (tertiary alicyclic amines) is 1. The van der Waals surface area contributed by atoms with Crippen molar-refractivity contribution in [1.82, 2.24) is 10.2 Å². The molecule has 0 spiro atoms. The zero-order valence-corrected chi connectivity index (χ0v) is 8.74. The third-order valence-corrected chi connectivity index (χ3v) is 3.53. The number of rotatable bonds is 5. The maximum Gasteiger partial charge on any atom is 0.233 e. The molecule has 2 atom stereocenters. The SMILES string of the molecule is O=C1C2CC2C(=O)N1CCCNC1CC1. The highest BCUT2D eigenvalue weighted by molar-refractivity contribution is 6.08. The fourth-order valence-corrected chi connectivity index (χ4v) is 2.30. The van der Waals surface area contributed by atoms with Crippen molar-refractivity contribution in [2.24, 2.45) is 11.8 Å². The monoisotopic (exact) mass is 208 g/mol. The van der Waals surface area contributed by atoms with Crippen LogP contribution in [0, 0.1) is 11.8 Å². The normalized spacial score (nSPS) is 33.5. The van der Waals surface area contributed by atoms with Gasteiger partial charge in [0, 0.05) is 12.6 Å². The van der Waals surface area contributed by atoms with Crippen LogP contribution in [0.1, 0.15) is 25.7 Å². The zero-order valence-electron chi connectivity index (χ0n) is 8.74. The molecule has 0 aromatic heterocycles. The lowest BCUT2D eigenvalue weighted by molar-refractivity contribution is -0.141. The van der Waals surface area contributed by atoms with E-state index in [-0.39, 0.29) is 23.7 Å². The topological polar surface area (TPSA) is 49.4 Å². The van der Waals surface area contributed by atoms with E-state index >= 15 is 0 Å². The summed E-state index contributed by atoms with van der Waals surface area (Å²) in [6.45, 7) is 1.54. The van der Waals surface area contributed by atoms with Crippen molar-refractivity contribution < 1.29 is 9.59 Å². The van der Waals surface area contributed by atoms with Gasteiger partial charge in [-0.3, -0.25) is 14.5 Å². The highest BCUT2D eigenvalue weighted by atomic mass is 16.2. The molecule has 1 aliphatic heterocycles. The van der Waals surface area contributed by atoms with Gasteiger partial charge >= 0.3 is 0 Å². The number of fused-ring (bicyclic) bond motifs is 1. The molecule has 2 unspecified atom stereocenters. The minimum Gasteiger partial charge on any atom is -0.314 e. The van der Waals surface area contributed by atoms with Crippen molar-refractivity contribution >= 4 is 11.8 Å². The summed E-state index contributed by atoms with van der Waals surface area (Å²) in [5.41, 5.74) is 0. The second-order valence-corrected chi connectivity index (χ2v) is 4.86. The summed E-state index contributed by atoms with van der Waals surface area (Å²) >= 11 is 0. The number of amides is 2. The predicted molar refractivity (Wildman–Crippen MR) is 54.0 cm³/mol. The quantitative estimate of drug-likeness (QED) is 0.516. The van der Waals surface area contributed by atoms with E-state index in [1.54, 1.807) is 0 Å². The largest absolute Gasteiger partial charge is 0.314 e. The molecule has 0 aromatic carbocycles. The van der Waals surface area contributed by atoms with Crippen LogP contribution in [0.5, 0.6) is 0 Å². The molecule has 15 heavy (non-hydrogen) atoms. The highest BCUT2D eigenvalue weighted by Gasteiger charge is 2.58. The summed E-state index contributed by atoms with van der Waals surface area (Å²) in [7, 11) is 0. The van der Waals surface area contributed by atoms with E-state index in [9.17, 15) is 9.59 Å². The maximum absolute atomic E-state index is 11.6. The highest BCUT2D eigenvalue weighted by Crippen LogP contribution is 2.46. The smallest absolute Gasteiger partial charge is 0.233 e. The summed E-state index contributed by atoms with van der Waals surface area (Å²) in [5, 5.41) is 3.38. The number of nitrogens with zero attached hydrogens (tertiary/aromatic N) is 1. The van der Waals surface area contributed by atoms with E-state index < -0.39 is 0 Å². The lowest BCUT2D eigenvalue weighted by atomic mass is 10.3. The molecule has 0 bridgehead atoms. The molecule has 1 heterocycles. The average Bonchev–Trinajstić information content (AvgIpc) is 3.09. The number of nitrogens with one attached hydrogen (secondary N) is 1. The Morgan fingerprint density at radius 1 is 1.20 bits per heavy atom. The number of carbonyl (C=O) groups is 2. The van der Waals surface area contributed by atoms with Crippen LogP contribution in [0.3, 0.4) is 0 Å². The van der Waals surface area contributed by atoms with Crippen LogP contribution in [-0.2, 0) is 9.59 Å². The Labute approximate surface area is 89.0 Å². The molecule has 1 saturated heterocycles. The Hall–Kier alpha value is -0.900. The fourth-order valence-electron chi connectivity index (χ4n) is 2.30. The van der Waals surface area contributed by atoms with Crippen LogP contribution in [0.15, 0.2) is 0 Å². The van der Waals surface area contributed by atoms with Gasteiger partial charge in [-0.15, -0.1) is 0 Å². The van der Waals surface area contributed by atoms with Crippen LogP contribution in [0.2, 0.25) is 0 Å². The van der Waals surface area contributed by atoms with Gasteiger partial charge in [-0.05, 0) is 32.2 Å². The first-order chi connectivity index (χ1) is 7.27.